The van der Waals surface area contributed by atoms with Crippen molar-refractivity contribution in [2.75, 3.05) is 20.7 Å². The van der Waals surface area contributed by atoms with Crippen molar-refractivity contribution in [3.8, 4) is 11.5 Å². The molecule has 1 aromatic rings. The van der Waals surface area contributed by atoms with Crippen molar-refractivity contribution in [2.45, 2.75) is 58.1 Å². The van der Waals surface area contributed by atoms with E-state index in [0.717, 1.165) is 48.8 Å². The number of methoxy groups -OCH3 is 1. The summed E-state index contributed by atoms with van der Waals surface area (Å²) in [5.41, 5.74) is 1.15. The van der Waals surface area contributed by atoms with Gasteiger partial charge in [-0.05, 0) is 49.8 Å². The average molecular weight is 333 g/mol. The molecular formula is C19H31N3O2. The van der Waals surface area contributed by atoms with Gasteiger partial charge in [0.05, 0.1) is 13.2 Å². The number of unbranched alkanes of at least 4 members (excludes halogenated alkanes) is 1. The third kappa shape index (κ3) is 5.62. The quantitative estimate of drug-likeness (QED) is 0.434. The zero-order chi connectivity index (χ0) is 17.2. The fraction of sp³-hybridized carbons (Fsp3) is 0.632. The zero-order valence-electron chi connectivity index (χ0n) is 15.2. The number of benzene rings is 1. The maximum Gasteiger partial charge on any atom is 0.191 e. The van der Waals surface area contributed by atoms with Crippen LogP contribution in [0.25, 0.3) is 0 Å². The van der Waals surface area contributed by atoms with Crippen molar-refractivity contribution in [1.82, 2.24) is 10.6 Å². The molecule has 24 heavy (non-hydrogen) atoms. The van der Waals surface area contributed by atoms with Gasteiger partial charge in [0, 0.05) is 20.1 Å². The summed E-state index contributed by atoms with van der Waals surface area (Å²) in [5, 5.41) is 6.66. The maximum atomic E-state index is 6.15. The van der Waals surface area contributed by atoms with E-state index in [1.807, 2.05) is 6.07 Å². The number of nitrogens with one attached hydrogen (secondary N) is 2. The Morgan fingerprint density at radius 3 is 2.67 bits per heavy atom. The smallest absolute Gasteiger partial charge is 0.191 e. The monoisotopic (exact) mass is 333 g/mol. The number of rotatable bonds is 8. The van der Waals surface area contributed by atoms with Crippen LogP contribution in [0.1, 0.15) is 51.0 Å². The maximum absolute atomic E-state index is 6.15. The van der Waals surface area contributed by atoms with Crippen LogP contribution < -0.4 is 20.1 Å². The minimum Gasteiger partial charge on any atom is -0.493 e. The number of aliphatic imine (C=N–C) groups is 1. The second-order valence-electron chi connectivity index (χ2n) is 6.22. The standard InChI is InChI=1S/C19H31N3O2/c1-4-5-12-21-19(20-2)22-14-15-10-11-17(23-3)18(13-15)24-16-8-6-7-9-16/h10-11,13,16H,4-9,12,14H2,1-3H3,(H2,20,21,22). The summed E-state index contributed by atoms with van der Waals surface area (Å²) in [6.07, 6.45) is 7.43. The van der Waals surface area contributed by atoms with Gasteiger partial charge in [-0.1, -0.05) is 19.4 Å². The summed E-state index contributed by atoms with van der Waals surface area (Å²) >= 11 is 0. The second kappa shape index (κ2) is 10.1. The van der Waals surface area contributed by atoms with Crippen LogP contribution in [0.3, 0.4) is 0 Å². The number of hydrogen-bond donors (Lipinski definition) is 2. The Morgan fingerprint density at radius 1 is 1.21 bits per heavy atom. The number of ether oxygens (including phenoxy) is 2. The molecule has 0 bridgehead atoms. The van der Waals surface area contributed by atoms with Crippen molar-refractivity contribution in [2.24, 2.45) is 4.99 Å². The van der Waals surface area contributed by atoms with Gasteiger partial charge in [0.25, 0.3) is 0 Å². The molecule has 1 aliphatic rings. The van der Waals surface area contributed by atoms with Gasteiger partial charge >= 0.3 is 0 Å². The number of guanidine groups is 1. The fourth-order valence-corrected chi connectivity index (χ4v) is 2.90. The highest BCUT2D eigenvalue weighted by Gasteiger charge is 2.18. The highest BCUT2D eigenvalue weighted by molar-refractivity contribution is 5.79. The average Bonchev–Trinajstić information content (AvgIpc) is 3.11. The molecular weight excluding hydrogens is 302 g/mol. The summed E-state index contributed by atoms with van der Waals surface area (Å²) < 4.78 is 11.6. The van der Waals surface area contributed by atoms with Gasteiger partial charge in [0.2, 0.25) is 0 Å². The summed E-state index contributed by atoms with van der Waals surface area (Å²) in [5.74, 6) is 2.48. The van der Waals surface area contributed by atoms with Crippen molar-refractivity contribution in [1.29, 1.82) is 0 Å². The Labute approximate surface area is 145 Å². The Kier molecular flexibility index (Phi) is 7.72. The van der Waals surface area contributed by atoms with E-state index in [0.29, 0.717) is 12.6 Å². The molecule has 0 amide bonds. The van der Waals surface area contributed by atoms with Gasteiger partial charge in [-0.25, -0.2) is 0 Å². The first kappa shape index (κ1) is 18.4. The summed E-state index contributed by atoms with van der Waals surface area (Å²) in [4.78, 5) is 4.25. The molecule has 0 radical (unpaired) electrons. The number of nitrogens with zero attached hydrogens (tertiary/aromatic N) is 1. The molecule has 0 saturated heterocycles. The lowest BCUT2D eigenvalue weighted by Crippen LogP contribution is -2.37. The van der Waals surface area contributed by atoms with Crippen molar-refractivity contribution >= 4 is 5.96 Å². The van der Waals surface area contributed by atoms with E-state index in [2.05, 4.69) is 34.7 Å². The molecule has 0 atom stereocenters. The van der Waals surface area contributed by atoms with Crippen molar-refractivity contribution < 1.29 is 9.47 Å². The third-order valence-electron chi connectivity index (χ3n) is 4.33. The van der Waals surface area contributed by atoms with Crippen molar-refractivity contribution in [3.63, 3.8) is 0 Å². The van der Waals surface area contributed by atoms with Gasteiger partial charge in [0.15, 0.2) is 17.5 Å². The van der Waals surface area contributed by atoms with Gasteiger partial charge in [0.1, 0.15) is 0 Å². The van der Waals surface area contributed by atoms with Gasteiger partial charge < -0.3 is 20.1 Å². The summed E-state index contributed by atoms with van der Waals surface area (Å²) in [7, 11) is 3.48. The minimum atomic E-state index is 0.325. The van der Waals surface area contributed by atoms with Crippen LogP contribution in [0.2, 0.25) is 0 Å². The predicted octanol–water partition coefficient (Wildman–Crippen LogP) is 3.48. The normalized spacial score (nSPS) is 15.4. The van der Waals surface area contributed by atoms with E-state index in [1.165, 1.54) is 19.3 Å². The third-order valence-corrected chi connectivity index (χ3v) is 4.33. The largest absolute Gasteiger partial charge is 0.493 e. The van der Waals surface area contributed by atoms with E-state index in [4.69, 9.17) is 9.47 Å². The second-order valence-corrected chi connectivity index (χ2v) is 6.22. The van der Waals surface area contributed by atoms with Crippen LogP contribution in [0.5, 0.6) is 11.5 Å². The van der Waals surface area contributed by atoms with E-state index < -0.39 is 0 Å². The van der Waals surface area contributed by atoms with E-state index in [9.17, 15) is 0 Å². The lowest BCUT2D eigenvalue weighted by Gasteiger charge is -2.17. The molecule has 2 rings (SSSR count). The first-order chi connectivity index (χ1) is 11.8. The lowest BCUT2D eigenvalue weighted by molar-refractivity contribution is 0.200. The molecule has 5 nitrogen and oxygen atoms in total. The molecule has 0 spiro atoms. The van der Waals surface area contributed by atoms with Crippen LogP contribution >= 0.6 is 0 Å². The number of hydrogen-bond acceptors (Lipinski definition) is 3. The predicted molar refractivity (Wildman–Crippen MR) is 99.0 cm³/mol. The Bertz CT molecular complexity index is 525. The molecule has 0 aromatic heterocycles. The summed E-state index contributed by atoms with van der Waals surface area (Å²) in [6.45, 7) is 3.83. The van der Waals surface area contributed by atoms with Crippen LogP contribution in [0.15, 0.2) is 23.2 Å². The van der Waals surface area contributed by atoms with E-state index in [1.54, 1.807) is 14.2 Å². The van der Waals surface area contributed by atoms with Gasteiger partial charge in [-0.2, -0.15) is 0 Å². The van der Waals surface area contributed by atoms with Crippen LogP contribution in [0, 0.1) is 0 Å². The van der Waals surface area contributed by atoms with Gasteiger partial charge in [-0.3, -0.25) is 4.99 Å². The topological polar surface area (TPSA) is 54.9 Å². The Morgan fingerprint density at radius 2 is 2.00 bits per heavy atom. The van der Waals surface area contributed by atoms with E-state index >= 15 is 0 Å². The molecule has 2 N–H and O–H groups in total. The lowest BCUT2D eigenvalue weighted by atomic mass is 10.2. The van der Waals surface area contributed by atoms with E-state index in [-0.39, 0.29) is 0 Å². The van der Waals surface area contributed by atoms with Crippen LogP contribution in [0.4, 0.5) is 0 Å². The molecule has 5 heteroatoms. The SMILES string of the molecule is CCCCNC(=NC)NCc1ccc(OC)c(OC2CCCC2)c1. The first-order valence-corrected chi connectivity index (χ1v) is 9.05. The van der Waals surface area contributed by atoms with Crippen molar-refractivity contribution in [3.05, 3.63) is 23.8 Å². The zero-order valence-corrected chi connectivity index (χ0v) is 15.2. The fourth-order valence-electron chi connectivity index (χ4n) is 2.90. The molecule has 1 saturated carbocycles. The molecule has 0 heterocycles. The highest BCUT2D eigenvalue weighted by Crippen LogP contribution is 2.32. The first-order valence-electron chi connectivity index (χ1n) is 9.05. The summed E-state index contributed by atoms with van der Waals surface area (Å²) in [6, 6.07) is 6.12. The molecule has 1 aliphatic carbocycles. The minimum absolute atomic E-state index is 0.325. The van der Waals surface area contributed by atoms with Crippen LogP contribution in [-0.2, 0) is 6.54 Å². The molecule has 0 aliphatic heterocycles. The molecule has 1 aromatic carbocycles. The Hall–Kier alpha value is -1.91. The van der Waals surface area contributed by atoms with Gasteiger partial charge in [-0.15, -0.1) is 0 Å². The molecule has 134 valence electrons. The van der Waals surface area contributed by atoms with Crippen LogP contribution in [-0.4, -0.2) is 32.8 Å². The Balaban J connectivity index is 1.94. The molecule has 1 fully saturated rings. The molecule has 0 unspecified atom stereocenters. The highest BCUT2D eigenvalue weighted by atomic mass is 16.5.